The molecule has 0 saturated carbocycles. The zero-order valence-corrected chi connectivity index (χ0v) is 12.6. The average molecular weight is 279 g/mol. The van der Waals surface area contributed by atoms with Gasteiger partial charge in [-0.1, -0.05) is 33.8 Å². The summed E-state index contributed by atoms with van der Waals surface area (Å²) in [6.45, 7) is 5.48. The predicted octanol–water partition coefficient (Wildman–Crippen LogP) is 2.24. The molecule has 4 nitrogen and oxygen atoms in total. The molecule has 100 valence electrons. The number of allylic oxidation sites excluding steroid dienone is 3. The first-order valence-corrected chi connectivity index (χ1v) is 9.13. The fourth-order valence-electron chi connectivity index (χ4n) is 2.04. The van der Waals surface area contributed by atoms with E-state index in [1.807, 2.05) is 19.9 Å². The van der Waals surface area contributed by atoms with Crippen molar-refractivity contribution >= 4 is 20.6 Å². The van der Waals surface area contributed by atoms with Crippen LogP contribution in [0.25, 0.3) is 0 Å². The Morgan fingerprint density at radius 2 is 1.88 bits per heavy atom. The van der Waals surface area contributed by atoms with E-state index in [0.717, 1.165) is 11.1 Å². The molecule has 0 spiro atoms. The first kappa shape index (κ1) is 14.8. The lowest BCUT2D eigenvalue weighted by atomic mass is 9.92. The van der Waals surface area contributed by atoms with Crippen LogP contribution in [0.3, 0.4) is 0 Å². The molecule has 2 N–H and O–H groups in total. The maximum absolute atomic E-state index is 12.3. The largest absolute Gasteiger partial charge is 0.287 e. The lowest BCUT2D eigenvalue weighted by Crippen LogP contribution is -2.38. The van der Waals surface area contributed by atoms with Gasteiger partial charge in [0.15, 0.2) is 0 Å². The Balaban J connectivity index is 3.12. The lowest BCUT2D eigenvalue weighted by molar-refractivity contribution is 0.476. The van der Waals surface area contributed by atoms with Gasteiger partial charge in [-0.3, -0.25) is 5.14 Å². The highest BCUT2D eigenvalue weighted by molar-refractivity contribution is 8.30. The van der Waals surface area contributed by atoms with Gasteiger partial charge in [0.1, 0.15) is 4.75 Å². The maximum Gasteiger partial charge on any atom is 0.287 e. The van der Waals surface area contributed by atoms with Crippen molar-refractivity contribution in [3.63, 3.8) is 0 Å². The van der Waals surface area contributed by atoms with E-state index in [1.165, 1.54) is 0 Å². The van der Waals surface area contributed by atoms with Crippen LogP contribution >= 0.6 is 10.5 Å². The van der Waals surface area contributed by atoms with Crippen LogP contribution in [0, 0.1) is 0 Å². The normalized spacial score (nSPS) is 27.4. The number of nitrogens with two attached hydrogens (primary N) is 1. The molecule has 1 aliphatic rings. The number of hydrogen-bond acceptors (Lipinski definition) is 4. The smallest absolute Gasteiger partial charge is 0.274 e. The Morgan fingerprint density at radius 1 is 1.35 bits per heavy atom. The van der Waals surface area contributed by atoms with Crippen LogP contribution < -0.4 is 5.14 Å². The molecule has 17 heavy (non-hydrogen) atoms. The van der Waals surface area contributed by atoms with E-state index in [0.29, 0.717) is 6.42 Å². The molecular weight excluding hydrogens is 258 g/mol. The highest BCUT2D eigenvalue weighted by Gasteiger charge is 2.41. The number of hydrogen-bond donors (Lipinski definition) is 1. The molecule has 0 aromatic heterocycles. The zero-order valence-electron chi connectivity index (χ0n) is 11.0. The van der Waals surface area contributed by atoms with Gasteiger partial charge in [-0.2, -0.15) is 8.42 Å². The SMILES string of the molecule is CC1=CC(C)(S(=O)(=O)OS(C)(C)N)CC(C)=C1. The zero-order chi connectivity index (χ0) is 13.5. The molecule has 0 aliphatic heterocycles. The Morgan fingerprint density at radius 3 is 2.29 bits per heavy atom. The minimum absolute atomic E-state index is 0.447. The van der Waals surface area contributed by atoms with Crippen molar-refractivity contribution in [3.8, 4) is 0 Å². The summed E-state index contributed by atoms with van der Waals surface area (Å²) in [5.74, 6) is 0. The van der Waals surface area contributed by atoms with Gasteiger partial charge in [0.05, 0.1) is 0 Å². The van der Waals surface area contributed by atoms with E-state index in [1.54, 1.807) is 25.5 Å². The molecule has 0 amide bonds. The second-order valence-electron chi connectivity index (χ2n) is 5.20. The molecule has 0 aromatic rings. The molecule has 0 aromatic carbocycles. The van der Waals surface area contributed by atoms with E-state index < -0.39 is 25.4 Å². The van der Waals surface area contributed by atoms with Crippen molar-refractivity contribution in [3.05, 3.63) is 23.3 Å². The highest BCUT2D eigenvalue weighted by atomic mass is 32.3. The summed E-state index contributed by atoms with van der Waals surface area (Å²) in [7, 11) is -5.75. The fraction of sp³-hybridized carbons (Fsp3) is 0.636. The second kappa shape index (κ2) is 4.42. The van der Waals surface area contributed by atoms with Crippen LogP contribution in [0.2, 0.25) is 0 Å². The van der Waals surface area contributed by atoms with Crippen LogP contribution in [0.5, 0.6) is 0 Å². The average Bonchev–Trinajstić information content (AvgIpc) is 1.94. The van der Waals surface area contributed by atoms with Crippen molar-refractivity contribution in [1.82, 2.24) is 0 Å². The first-order valence-electron chi connectivity index (χ1n) is 5.28. The van der Waals surface area contributed by atoms with Gasteiger partial charge in [-0.05, 0) is 27.2 Å². The van der Waals surface area contributed by atoms with Crippen LogP contribution in [0.15, 0.2) is 23.3 Å². The maximum atomic E-state index is 12.3. The Kier molecular flexibility index (Phi) is 3.84. The van der Waals surface area contributed by atoms with Gasteiger partial charge in [-0.25, -0.2) is 3.63 Å². The standard InChI is InChI=1S/C11H21NO3S2/c1-9-6-10(2)8-11(3,7-9)17(13,14)15-16(4,5)12/h6-7H,8,12H2,1-5H3. The monoisotopic (exact) mass is 279 g/mol. The van der Waals surface area contributed by atoms with E-state index in [2.05, 4.69) is 0 Å². The van der Waals surface area contributed by atoms with Gasteiger partial charge >= 0.3 is 0 Å². The van der Waals surface area contributed by atoms with Gasteiger partial charge in [0.25, 0.3) is 10.1 Å². The quantitative estimate of drug-likeness (QED) is 0.860. The van der Waals surface area contributed by atoms with Crippen molar-refractivity contribution < 1.29 is 12.0 Å². The summed E-state index contributed by atoms with van der Waals surface area (Å²) in [6, 6.07) is 0. The summed E-state index contributed by atoms with van der Waals surface area (Å²) in [5.41, 5.74) is 1.97. The molecule has 0 radical (unpaired) electrons. The molecule has 6 heteroatoms. The Labute approximate surface area is 106 Å². The van der Waals surface area contributed by atoms with Crippen LogP contribution in [-0.4, -0.2) is 25.7 Å². The van der Waals surface area contributed by atoms with Crippen LogP contribution in [0.4, 0.5) is 0 Å². The molecule has 1 atom stereocenters. The predicted molar refractivity (Wildman–Crippen MR) is 74.2 cm³/mol. The number of rotatable bonds is 3. The van der Waals surface area contributed by atoms with Crippen molar-refractivity contribution in [2.24, 2.45) is 5.14 Å². The molecule has 1 aliphatic carbocycles. The summed E-state index contributed by atoms with van der Waals surface area (Å²) >= 11 is 0. The Hall–Kier alpha value is -0.300. The van der Waals surface area contributed by atoms with Crippen molar-refractivity contribution in [1.29, 1.82) is 0 Å². The van der Waals surface area contributed by atoms with Crippen LogP contribution in [-0.2, 0) is 13.7 Å². The topological polar surface area (TPSA) is 69.4 Å². The highest BCUT2D eigenvalue weighted by Crippen LogP contribution is 2.41. The van der Waals surface area contributed by atoms with Crippen molar-refractivity contribution in [2.45, 2.75) is 31.9 Å². The third-order valence-electron chi connectivity index (χ3n) is 2.47. The molecule has 0 heterocycles. The molecule has 1 unspecified atom stereocenters. The third-order valence-corrected chi connectivity index (χ3v) is 6.00. The minimum Gasteiger partial charge on any atom is -0.274 e. The van der Waals surface area contributed by atoms with Crippen molar-refractivity contribution in [2.75, 3.05) is 12.5 Å². The van der Waals surface area contributed by atoms with E-state index >= 15 is 0 Å². The Bertz CT molecular complexity index is 471. The van der Waals surface area contributed by atoms with Gasteiger partial charge < -0.3 is 0 Å². The summed E-state index contributed by atoms with van der Waals surface area (Å²) < 4.78 is 28.6. The van der Waals surface area contributed by atoms with E-state index in [4.69, 9.17) is 8.77 Å². The molecule has 0 fully saturated rings. The second-order valence-corrected chi connectivity index (χ2v) is 10.2. The molecule has 0 saturated heterocycles. The first-order chi connectivity index (χ1) is 7.45. The molecule has 0 bridgehead atoms. The summed E-state index contributed by atoms with van der Waals surface area (Å²) in [4.78, 5) is 0. The molecule has 1 rings (SSSR count). The minimum atomic E-state index is -3.71. The third kappa shape index (κ3) is 3.58. The van der Waals surface area contributed by atoms with E-state index in [-0.39, 0.29) is 0 Å². The summed E-state index contributed by atoms with van der Waals surface area (Å²) in [6.07, 6.45) is 7.38. The van der Waals surface area contributed by atoms with Crippen LogP contribution in [0.1, 0.15) is 27.2 Å². The fourth-order valence-corrected chi connectivity index (χ4v) is 5.24. The van der Waals surface area contributed by atoms with Gasteiger partial charge in [0.2, 0.25) is 0 Å². The van der Waals surface area contributed by atoms with E-state index in [9.17, 15) is 8.42 Å². The lowest BCUT2D eigenvalue weighted by Gasteiger charge is -2.33. The summed E-state index contributed by atoms with van der Waals surface area (Å²) in [5, 5.41) is 5.70. The molecular formula is C11H21NO3S2. The van der Waals surface area contributed by atoms with Gasteiger partial charge in [0, 0.05) is 12.5 Å². The van der Waals surface area contributed by atoms with Gasteiger partial charge in [-0.15, -0.1) is 0 Å².